The maximum atomic E-state index is 13.9. The van der Waals surface area contributed by atoms with Crippen LogP contribution >= 0.6 is 34.9 Å². The molecule has 124 valence electrons. The summed E-state index contributed by atoms with van der Waals surface area (Å²) in [5, 5.41) is 3.03. The Kier molecular flexibility index (Phi) is 4.79. The zero-order chi connectivity index (χ0) is 16.5. The molecule has 0 amide bonds. The molecule has 0 spiro atoms. The molecule has 2 aromatic heterocycles. The highest BCUT2D eigenvalue weighted by atomic mass is 32.2. The molecule has 1 aliphatic rings. The van der Waals surface area contributed by atoms with Crippen LogP contribution in [-0.4, -0.2) is 16.2 Å². The Bertz CT molecular complexity index is 891. The van der Waals surface area contributed by atoms with Crippen LogP contribution in [0.4, 0.5) is 4.39 Å². The predicted molar refractivity (Wildman–Crippen MR) is 102 cm³/mol. The van der Waals surface area contributed by atoms with Crippen LogP contribution in [0.2, 0.25) is 0 Å². The van der Waals surface area contributed by atoms with Crippen molar-refractivity contribution >= 4 is 45.1 Å². The van der Waals surface area contributed by atoms with Crippen LogP contribution in [0.3, 0.4) is 0 Å². The third-order valence-electron chi connectivity index (χ3n) is 4.27. The van der Waals surface area contributed by atoms with E-state index >= 15 is 0 Å². The van der Waals surface area contributed by atoms with Gasteiger partial charge in [-0.1, -0.05) is 30.0 Å². The average Bonchev–Trinajstić information content (AvgIpc) is 2.99. The molecule has 0 N–H and O–H groups in total. The molecular weight excluding hydrogens is 359 g/mol. The summed E-state index contributed by atoms with van der Waals surface area (Å²) >= 11 is 5.01. The minimum Gasteiger partial charge on any atom is -0.215 e. The van der Waals surface area contributed by atoms with Gasteiger partial charge in [0, 0.05) is 16.0 Å². The fraction of sp³-hybridized carbons (Fsp3) is 0.333. The van der Waals surface area contributed by atoms with E-state index < -0.39 is 0 Å². The van der Waals surface area contributed by atoms with E-state index in [4.69, 9.17) is 9.97 Å². The number of hydrogen-bond donors (Lipinski definition) is 0. The second kappa shape index (κ2) is 7.02. The van der Waals surface area contributed by atoms with Gasteiger partial charge < -0.3 is 0 Å². The Morgan fingerprint density at radius 3 is 2.83 bits per heavy atom. The van der Waals surface area contributed by atoms with Crippen LogP contribution in [0.25, 0.3) is 10.2 Å². The van der Waals surface area contributed by atoms with Crippen molar-refractivity contribution in [2.24, 2.45) is 0 Å². The summed E-state index contributed by atoms with van der Waals surface area (Å²) in [7, 11) is 0. The van der Waals surface area contributed by atoms with Crippen LogP contribution < -0.4 is 0 Å². The molecule has 24 heavy (non-hydrogen) atoms. The third-order valence-corrected chi connectivity index (χ3v) is 7.02. The first-order valence-corrected chi connectivity index (χ1v) is 11.0. The summed E-state index contributed by atoms with van der Waals surface area (Å²) in [4.78, 5) is 12.0. The van der Waals surface area contributed by atoms with Crippen molar-refractivity contribution in [3.8, 4) is 0 Å². The van der Waals surface area contributed by atoms with E-state index in [1.807, 2.05) is 29.7 Å². The molecule has 3 aromatic rings. The minimum absolute atomic E-state index is 0.146. The molecule has 2 nitrogen and oxygen atoms in total. The van der Waals surface area contributed by atoms with Gasteiger partial charge in [0.05, 0.1) is 0 Å². The van der Waals surface area contributed by atoms with E-state index in [2.05, 4.69) is 0 Å². The van der Waals surface area contributed by atoms with E-state index in [9.17, 15) is 4.39 Å². The lowest BCUT2D eigenvalue weighted by Gasteiger charge is -2.12. The van der Waals surface area contributed by atoms with Crippen LogP contribution in [0.15, 0.2) is 34.4 Å². The SMILES string of the molecule is CSc1nc(SCc2ccccc2F)c2c3c(sc2n1)CCCC3. The summed E-state index contributed by atoms with van der Waals surface area (Å²) in [5.74, 6) is 0.449. The van der Waals surface area contributed by atoms with Gasteiger partial charge in [-0.3, -0.25) is 0 Å². The molecule has 0 aliphatic heterocycles. The van der Waals surface area contributed by atoms with E-state index in [-0.39, 0.29) is 5.82 Å². The van der Waals surface area contributed by atoms with Crippen LogP contribution in [-0.2, 0) is 18.6 Å². The summed E-state index contributed by atoms with van der Waals surface area (Å²) in [6, 6.07) is 6.98. The summed E-state index contributed by atoms with van der Waals surface area (Å²) in [6.45, 7) is 0. The van der Waals surface area contributed by atoms with Crippen molar-refractivity contribution < 1.29 is 4.39 Å². The monoisotopic (exact) mass is 376 g/mol. The fourth-order valence-corrected chi connectivity index (χ4v) is 5.91. The van der Waals surface area contributed by atoms with Gasteiger partial charge >= 0.3 is 0 Å². The molecule has 0 unspecified atom stereocenters. The fourth-order valence-electron chi connectivity index (χ4n) is 3.06. The molecule has 0 atom stereocenters. The number of halogens is 1. The van der Waals surface area contributed by atoms with Crippen molar-refractivity contribution in [1.82, 2.24) is 9.97 Å². The standard InChI is InChI=1S/C18H17FN2S3/c1-22-18-20-16(23-10-11-6-2-4-8-13(11)19)15-12-7-3-5-9-14(12)24-17(15)21-18/h2,4,6,8H,3,5,7,9-10H2,1H3. The summed E-state index contributed by atoms with van der Waals surface area (Å²) in [6.07, 6.45) is 6.77. The van der Waals surface area contributed by atoms with E-state index in [1.54, 1.807) is 29.6 Å². The molecule has 1 aromatic carbocycles. The molecule has 1 aliphatic carbocycles. The lowest BCUT2D eigenvalue weighted by Crippen LogP contribution is -1.99. The first-order valence-electron chi connectivity index (χ1n) is 7.98. The maximum absolute atomic E-state index is 13.9. The zero-order valence-corrected chi connectivity index (χ0v) is 15.8. The van der Waals surface area contributed by atoms with Crippen molar-refractivity contribution in [3.05, 3.63) is 46.1 Å². The number of aromatic nitrogens is 2. The smallest absolute Gasteiger partial charge is 0.189 e. The lowest BCUT2D eigenvalue weighted by molar-refractivity contribution is 0.617. The number of thioether (sulfide) groups is 2. The van der Waals surface area contributed by atoms with Crippen molar-refractivity contribution in [2.45, 2.75) is 41.6 Å². The van der Waals surface area contributed by atoms with Crippen LogP contribution in [0.5, 0.6) is 0 Å². The van der Waals surface area contributed by atoms with Crippen LogP contribution in [0, 0.1) is 5.82 Å². The number of benzene rings is 1. The third kappa shape index (κ3) is 3.07. The maximum Gasteiger partial charge on any atom is 0.189 e. The number of hydrogen-bond acceptors (Lipinski definition) is 5. The van der Waals surface area contributed by atoms with E-state index in [1.165, 1.54) is 34.7 Å². The quantitative estimate of drug-likeness (QED) is 0.330. The number of fused-ring (bicyclic) bond motifs is 3. The Balaban J connectivity index is 1.75. The molecule has 0 bridgehead atoms. The Morgan fingerprint density at radius 1 is 1.17 bits per heavy atom. The second-order valence-corrected chi connectivity index (χ2v) is 8.61. The van der Waals surface area contributed by atoms with Gasteiger partial charge in [0.1, 0.15) is 15.7 Å². The summed E-state index contributed by atoms with van der Waals surface area (Å²) in [5.41, 5.74) is 2.16. The highest BCUT2D eigenvalue weighted by Crippen LogP contribution is 2.41. The number of aryl methyl sites for hydroxylation is 2. The highest BCUT2D eigenvalue weighted by molar-refractivity contribution is 7.99. The van der Waals surface area contributed by atoms with Gasteiger partial charge in [0.2, 0.25) is 0 Å². The molecule has 4 rings (SSSR count). The van der Waals surface area contributed by atoms with Gasteiger partial charge in [-0.25, -0.2) is 14.4 Å². The first kappa shape index (κ1) is 16.4. The predicted octanol–water partition coefficient (Wildman–Crippen LogP) is 5.72. The molecule has 0 saturated carbocycles. The number of nitrogens with zero attached hydrogens (tertiary/aromatic N) is 2. The molecule has 2 heterocycles. The second-order valence-electron chi connectivity index (χ2n) is 5.79. The molecular formula is C18H17FN2S3. The number of thiophene rings is 1. The van der Waals surface area contributed by atoms with Gasteiger partial charge in [-0.2, -0.15) is 0 Å². The molecule has 0 fully saturated rings. The van der Waals surface area contributed by atoms with Gasteiger partial charge in [-0.05, 0) is 49.1 Å². The molecule has 0 saturated heterocycles. The topological polar surface area (TPSA) is 25.8 Å². The summed E-state index contributed by atoms with van der Waals surface area (Å²) < 4.78 is 13.9. The average molecular weight is 377 g/mol. The van der Waals surface area contributed by atoms with E-state index in [0.29, 0.717) is 5.75 Å². The first-order chi connectivity index (χ1) is 11.8. The van der Waals surface area contributed by atoms with Crippen LogP contribution in [0.1, 0.15) is 28.8 Å². The molecule has 0 radical (unpaired) electrons. The van der Waals surface area contributed by atoms with Crippen molar-refractivity contribution in [1.29, 1.82) is 0 Å². The van der Waals surface area contributed by atoms with Crippen molar-refractivity contribution in [2.75, 3.05) is 6.26 Å². The highest BCUT2D eigenvalue weighted by Gasteiger charge is 2.21. The Labute approximate surface area is 153 Å². The number of rotatable bonds is 4. The largest absolute Gasteiger partial charge is 0.215 e. The minimum atomic E-state index is -0.146. The van der Waals surface area contributed by atoms with E-state index in [0.717, 1.165) is 33.4 Å². The Hall–Kier alpha value is -1.11. The van der Waals surface area contributed by atoms with Gasteiger partial charge in [-0.15, -0.1) is 23.1 Å². The van der Waals surface area contributed by atoms with Gasteiger partial charge in [0.25, 0.3) is 0 Å². The van der Waals surface area contributed by atoms with Gasteiger partial charge in [0.15, 0.2) is 5.16 Å². The van der Waals surface area contributed by atoms with Crippen molar-refractivity contribution in [3.63, 3.8) is 0 Å². The Morgan fingerprint density at radius 2 is 2.00 bits per heavy atom. The molecule has 6 heteroatoms. The zero-order valence-electron chi connectivity index (χ0n) is 13.3. The normalized spacial score (nSPS) is 14.1. The lowest BCUT2D eigenvalue weighted by atomic mass is 9.97.